The lowest BCUT2D eigenvalue weighted by Crippen LogP contribution is -2.58. The van der Waals surface area contributed by atoms with Gasteiger partial charge in [0.05, 0.1) is 18.2 Å². The van der Waals surface area contributed by atoms with Gasteiger partial charge in [-0.2, -0.15) is 0 Å². The van der Waals surface area contributed by atoms with Crippen LogP contribution >= 0.6 is 0 Å². The Hall–Kier alpha value is -3.21. The normalized spacial score (nSPS) is 21.1. The number of benzene rings is 2. The van der Waals surface area contributed by atoms with Crippen molar-refractivity contribution in [1.82, 2.24) is 9.88 Å². The van der Waals surface area contributed by atoms with Gasteiger partial charge in [0.25, 0.3) is 5.91 Å². The van der Waals surface area contributed by atoms with Crippen LogP contribution in [-0.2, 0) is 5.91 Å². The van der Waals surface area contributed by atoms with Gasteiger partial charge < -0.3 is 30.4 Å². The first-order valence-corrected chi connectivity index (χ1v) is 12.2. The highest BCUT2D eigenvalue weighted by Gasteiger charge is 2.60. The van der Waals surface area contributed by atoms with Crippen molar-refractivity contribution in [3.8, 4) is 5.75 Å². The monoisotopic (exact) mass is 515 g/mol. The molecule has 1 unspecified atom stereocenters. The van der Waals surface area contributed by atoms with E-state index in [-0.39, 0.29) is 36.9 Å². The van der Waals surface area contributed by atoms with E-state index in [9.17, 15) is 28.9 Å². The van der Waals surface area contributed by atoms with Crippen LogP contribution in [0.3, 0.4) is 0 Å². The summed E-state index contributed by atoms with van der Waals surface area (Å²) in [6.07, 6.45) is 1.82. The Morgan fingerprint density at radius 3 is 2.59 bits per heavy atom. The molecule has 5 rings (SSSR count). The number of hydrogen-bond donors (Lipinski definition) is 5. The molecule has 2 heterocycles. The number of nitrogens with zero attached hydrogens (tertiary/aromatic N) is 1. The van der Waals surface area contributed by atoms with Gasteiger partial charge in [0.15, 0.2) is 0 Å². The Balaban J connectivity index is 1.65. The van der Waals surface area contributed by atoms with E-state index < -0.39 is 29.3 Å². The molecule has 1 saturated heterocycles. The molecule has 37 heavy (non-hydrogen) atoms. The summed E-state index contributed by atoms with van der Waals surface area (Å²) >= 11 is 0. The molecule has 2 aliphatic rings. The molecule has 2 aromatic carbocycles. The number of H-pyrrole nitrogens is 1. The lowest BCUT2D eigenvalue weighted by molar-refractivity contribution is -0.307. The van der Waals surface area contributed by atoms with Crippen LogP contribution in [0.2, 0.25) is 0 Å². The molecule has 0 amide bonds. The van der Waals surface area contributed by atoms with E-state index in [4.69, 9.17) is 4.74 Å². The highest BCUT2D eigenvalue weighted by atomic mass is 19.3. The van der Waals surface area contributed by atoms with Crippen molar-refractivity contribution < 1.29 is 33.6 Å². The van der Waals surface area contributed by atoms with Gasteiger partial charge in [-0.3, -0.25) is 0 Å². The second kappa shape index (κ2) is 8.68. The lowest BCUT2D eigenvalue weighted by atomic mass is 9.58. The highest BCUT2D eigenvalue weighted by molar-refractivity contribution is 5.90. The predicted molar refractivity (Wildman–Crippen MR) is 134 cm³/mol. The van der Waals surface area contributed by atoms with E-state index in [2.05, 4.69) is 10.3 Å². The second-order valence-corrected chi connectivity index (χ2v) is 10.4. The zero-order valence-corrected chi connectivity index (χ0v) is 20.9. The molecule has 2 fully saturated rings. The number of fused-ring (bicyclic) bond motifs is 1. The molecule has 3 aromatic rings. The Morgan fingerprint density at radius 1 is 1.24 bits per heavy atom. The van der Waals surface area contributed by atoms with E-state index in [1.807, 2.05) is 6.92 Å². The molecule has 1 spiro atoms. The summed E-state index contributed by atoms with van der Waals surface area (Å²) in [7, 11) is 3.10. The summed E-state index contributed by atoms with van der Waals surface area (Å²) in [5, 5.41) is 36.8. The fourth-order valence-electron chi connectivity index (χ4n) is 6.38. The molecule has 0 bridgehead atoms. The number of carbonyl (C=O) groups is 1. The molecule has 0 radical (unpaired) electrons. The summed E-state index contributed by atoms with van der Waals surface area (Å²) in [6.45, 7) is 2.02. The molecule has 5 N–H and O–H groups in total. The van der Waals surface area contributed by atoms with Gasteiger partial charge in [-0.15, -0.1) is 0 Å². The third-order valence-electron chi connectivity index (χ3n) is 8.04. The molecule has 1 saturated carbocycles. The van der Waals surface area contributed by atoms with Gasteiger partial charge in [0, 0.05) is 55.3 Å². The van der Waals surface area contributed by atoms with E-state index in [1.165, 1.54) is 24.1 Å². The maximum atomic E-state index is 14.0. The third kappa shape index (κ3) is 4.13. The summed E-state index contributed by atoms with van der Waals surface area (Å²) in [5.41, 5.74) is 2.26. The van der Waals surface area contributed by atoms with Crippen LogP contribution in [0.4, 0.5) is 14.5 Å². The number of methoxy groups -OCH3 is 1. The first-order chi connectivity index (χ1) is 17.4. The molecule has 1 aromatic heterocycles. The Morgan fingerprint density at radius 2 is 1.97 bits per heavy atom. The number of aromatic amines is 1. The predicted octanol–water partition coefficient (Wildman–Crippen LogP) is 4.57. The quantitative estimate of drug-likeness (QED) is 0.305. The van der Waals surface area contributed by atoms with Crippen LogP contribution in [0.5, 0.6) is 5.75 Å². The smallest absolute Gasteiger partial charge is 0.335 e. The zero-order valence-electron chi connectivity index (χ0n) is 20.9. The van der Waals surface area contributed by atoms with Crippen LogP contribution in [0.1, 0.15) is 58.8 Å². The molecular formula is C27H31F2N3O5. The number of nitrogens with one attached hydrogen (secondary N) is 2. The van der Waals surface area contributed by atoms with Gasteiger partial charge >= 0.3 is 5.97 Å². The van der Waals surface area contributed by atoms with Crippen LogP contribution in [-0.4, -0.2) is 57.8 Å². The number of rotatable bonds is 6. The van der Waals surface area contributed by atoms with E-state index in [1.54, 1.807) is 31.4 Å². The number of anilines is 1. The average Bonchev–Trinajstić information content (AvgIpc) is 3.32. The number of aliphatic hydroxyl groups is 2. The van der Waals surface area contributed by atoms with Crippen LogP contribution < -0.4 is 10.1 Å². The minimum absolute atomic E-state index is 0.0637. The Labute approximate surface area is 212 Å². The minimum atomic E-state index is -2.74. The van der Waals surface area contributed by atoms with Crippen LogP contribution in [0.15, 0.2) is 36.5 Å². The van der Waals surface area contributed by atoms with Gasteiger partial charge in [0.1, 0.15) is 5.75 Å². The zero-order chi connectivity index (χ0) is 26.8. The van der Waals surface area contributed by atoms with Crippen molar-refractivity contribution >= 4 is 22.6 Å². The fourth-order valence-corrected chi connectivity index (χ4v) is 6.38. The van der Waals surface area contributed by atoms with Crippen LogP contribution in [0, 0.1) is 12.3 Å². The van der Waals surface area contributed by atoms with Crippen molar-refractivity contribution in [1.29, 1.82) is 0 Å². The molecule has 198 valence electrons. The van der Waals surface area contributed by atoms with E-state index in [0.717, 1.165) is 11.1 Å². The standard InChI is InChI=1S/C27H31F2N3O5/c1-15-10-21(37-3)22(18-6-8-31-23(15)18)27(35,36)32-9-7-25(13-26(28,29)14-25)12-20(32)17-5-4-16(24(33)34)11-19(17)30-2/h4-6,8,10-11,20,30-31,35-36H,7,9,12-14H2,1-3H3,(H,33,34). The lowest BCUT2D eigenvalue weighted by Gasteiger charge is -2.56. The number of piperidine rings is 1. The maximum Gasteiger partial charge on any atom is 0.335 e. The summed E-state index contributed by atoms with van der Waals surface area (Å²) in [4.78, 5) is 16.2. The van der Waals surface area contributed by atoms with Crippen molar-refractivity contribution in [3.05, 3.63) is 58.8 Å². The largest absolute Gasteiger partial charge is 0.496 e. The fraction of sp³-hybridized carbons (Fsp3) is 0.444. The molecule has 10 heteroatoms. The Kier molecular flexibility index (Phi) is 5.97. The number of ether oxygens (including phenoxy) is 1. The summed E-state index contributed by atoms with van der Waals surface area (Å²) < 4.78 is 33.7. The van der Waals surface area contributed by atoms with Gasteiger partial charge in [-0.05, 0) is 60.6 Å². The van der Waals surface area contributed by atoms with Crippen LogP contribution in [0.25, 0.3) is 10.9 Å². The van der Waals surface area contributed by atoms with Gasteiger partial charge in [-0.25, -0.2) is 18.5 Å². The van der Waals surface area contributed by atoms with Gasteiger partial charge in [-0.1, -0.05) is 6.07 Å². The highest BCUT2D eigenvalue weighted by Crippen LogP contribution is 2.62. The molecule has 1 aliphatic carbocycles. The summed E-state index contributed by atoms with van der Waals surface area (Å²) in [5.74, 6) is -6.07. The third-order valence-corrected chi connectivity index (χ3v) is 8.04. The minimum Gasteiger partial charge on any atom is -0.496 e. The number of hydrogen-bond acceptors (Lipinski definition) is 6. The molecular weight excluding hydrogens is 484 g/mol. The summed E-state index contributed by atoms with van der Waals surface area (Å²) in [6, 6.07) is 7.32. The number of alkyl halides is 2. The number of likely N-dealkylation sites (tertiary alicyclic amines) is 1. The van der Waals surface area contributed by atoms with Gasteiger partial charge in [0.2, 0.25) is 5.92 Å². The van der Waals surface area contributed by atoms with Crippen molar-refractivity contribution in [2.45, 2.75) is 50.5 Å². The number of aromatic carboxylic acids is 1. The number of carboxylic acids is 1. The Bertz CT molecular complexity index is 1360. The topological polar surface area (TPSA) is 118 Å². The molecule has 8 nitrogen and oxygen atoms in total. The number of aryl methyl sites for hydroxylation is 1. The number of halogens is 2. The van der Waals surface area contributed by atoms with Crippen molar-refractivity contribution in [3.63, 3.8) is 0 Å². The average molecular weight is 516 g/mol. The molecule has 1 aliphatic heterocycles. The number of aromatic nitrogens is 1. The SMILES string of the molecule is CNc1cc(C(=O)O)ccc1C1CC2(CCN1C(O)(O)c1c(OC)cc(C)c3[nH]ccc13)CC(F)(F)C2. The number of carboxylic acid groups (broad SMARTS) is 1. The van der Waals surface area contributed by atoms with Crippen molar-refractivity contribution in [2.75, 3.05) is 26.0 Å². The maximum absolute atomic E-state index is 14.0. The van der Waals surface area contributed by atoms with E-state index >= 15 is 0 Å². The first-order valence-electron chi connectivity index (χ1n) is 12.2. The molecule has 1 atom stereocenters. The first kappa shape index (κ1) is 25.4. The van der Waals surface area contributed by atoms with Crippen molar-refractivity contribution in [2.24, 2.45) is 5.41 Å². The van der Waals surface area contributed by atoms with E-state index in [0.29, 0.717) is 28.8 Å². The second-order valence-electron chi connectivity index (χ2n) is 10.4.